The highest BCUT2D eigenvalue weighted by atomic mass is 79.9. The Morgan fingerprint density at radius 1 is 1.42 bits per heavy atom. The van der Waals surface area contributed by atoms with Gasteiger partial charge in [0.1, 0.15) is 5.82 Å². The van der Waals surface area contributed by atoms with E-state index in [0.717, 1.165) is 15.8 Å². The molecule has 2 heterocycles. The number of rotatable bonds is 2. The second kappa shape index (κ2) is 5.66. The minimum absolute atomic E-state index is 0.0549. The normalized spacial score (nSPS) is 18.9. The summed E-state index contributed by atoms with van der Waals surface area (Å²) in [6.45, 7) is 2.01. The number of benzene rings is 1. The van der Waals surface area contributed by atoms with Crippen molar-refractivity contribution in [2.24, 2.45) is 0 Å². The molecule has 0 amide bonds. The van der Waals surface area contributed by atoms with E-state index in [2.05, 4.69) is 32.6 Å². The van der Waals surface area contributed by atoms with Gasteiger partial charge < -0.3 is 4.57 Å². The third-order valence-corrected chi connectivity index (χ3v) is 5.33. The Hall–Kier alpha value is -0.190. The lowest BCUT2D eigenvalue weighted by atomic mass is 10.1. The summed E-state index contributed by atoms with van der Waals surface area (Å²) in [5, 5.41) is -0.0549. The van der Waals surface area contributed by atoms with Crippen molar-refractivity contribution in [2.45, 2.75) is 31.2 Å². The van der Waals surface area contributed by atoms with Crippen LogP contribution in [0.25, 0.3) is 11.0 Å². The van der Waals surface area contributed by atoms with Crippen molar-refractivity contribution in [1.82, 2.24) is 9.55 Å². The first kappa shape index (κ1) is 13.8. The van der Waals surface area contributed by atoms with Gasteiger partial charge in [-0.2, -0.15) is 11.8 Å². The first-order valence-electron chi connectivity index (χ1n) is 6.56. The maximum atomic E-state index is 6.34. The number of aromatic nitrogens is 2. The van der Waals surface area contributed by atoms with Crippen LogP contribution in [0.15, 0.2) is 22.7 Å². The Balaban J connectivity index is 2.17. The highest BCUT2D eigenvalue weighted by molar-refractivity contribution is 9.10. The van der Waals surface area contributed by atoms with Gasteiger partial charge in [-0.15, -0.1) is 11.6 Å². The molecule has 0 bridgehead atoms. The standard InChI is InChI=1S/C14H16BrClN2S/c1-9(16)14-17-12-3-2-10(15)8-13(12)18(14)11-4-6-19-7-5-11/h2-3,8-9,11H,4-7H2,1H3. The van der Waals surface area contributed by atoms with E-state index in [1.54, 1.807) is 0 Å². The fourth-order valence-corrected chi connectivity index (χ4v) is 4.28. The first-order chi connectivity index (χ1) is 9.16. The van der Waals surface area contributed by atoms with E-state index in [9.17, 15) is 0 Å². The first-order valence-corrected chi connectivity index (χ1v) is 8.94. The lowest BCUT2D eigenvalue weighted by molar-refractivity contribution is 0.464. The molecule has 19 heavy (non-hydrogen) atoms. The molecule has 1 atom stereocenters. The summed E-state index contributed by atoms with van der Waals surface area (Å²) in [4.78, 5) is 4.73. The molecule has 0 radical (unpaired) electrons. The maximum Gasteiger partial charge on any atom is 0.127 e. The van der Waals surface area contributed by atoms with Crippen molar-refractivity contribution in [3.05, 3.63) is 28.5 Å². The third kappa shape index (κ3) is 2.67. The zero-order chi connectivity index (χ0) is 13.4. The average molecular weight is 360 g/mol. The van der Waals surface area contributed by atoms with Crippen molar-refractivity contribution in [3.8, 4) is 0 Å². The zero-order valence-electron chi connectivity index (χ0n) is 10.8. The maximum absolute atomic E-state index is 6.34. The zero-order valence-corrected chi connectivity index (χ0v) is 13.9. The molecule has 0 saturated carbocycles. The Morgan fingerprint density at radius 2 is 2.16 bits per heavy atom. The number of alkyl halides is 1. The largest absolute Gasteiger partial charge is 0.324 e. The number of thioether (sulfide) groups is 1. The predicted octanol–water partition coefficient (Wildman–Crippen LogP) is 5.17. The Labute approximate surface area is 131 Å². The number of halogens is 2. The van der Waals surface area contributed by atoms with Gasteiger partial charge in [-0.1, -0.05) is 15.9 Å². The van der Waals surface area contributed by atoms with Crippen LogP contribution in [0, 0.1) is 0 Å². The number of hydrogen-bond acceptors (Lipinski definition) is 2. The van der Waals surface area contributed by atoms with Crippen LogP contribution < -0.4 is 0 Å². The van der Waals surface area contributed by atoms with Gasteiger partial charge in [0.05, 0.1) is 16.4 Å². The molecule has 102 valence electrons. The number of nitrogens with zero attached hydrogens (tertiary/aromatic N) is 2. The van der Waals surface area contributed by atoms with Gasteiger partial charge >= 0.3 is 0 Å². The monoisotopic (exact) mass is 358 g/mol. The Morgan fingerprint density at radius 3 is 2.84 bits per heavy atom. The fraction of sp³-hybridized carbons (Fsp3) is 0.500. The summed E-state index contributed by atoms with van der Waals surface area (Å²) in [6, 6.07) is 6.80. The third-order valence-electron chi connectivity index (χ3n) is 3.59. The summed E-state index contributed by atoms with van der Waals surface area (Å²) in [7, 11) is 0. The van der Waals surface area contributed by atoms with Gasteiger partial charge in [0, 0.05) is 10.5 Å². The van der Waals surface area contributed by atoms with E-state index in [1.807, 2.05) is 24.8 Å². The van der Waals surface area contributed by atoms with Crippen LogP contribution in [-0.4, -0.2) is 21.1 Å². The highest BCUT2D eigenvalue weighted by Gasteiger charge is 2.23. The quantitative estimate of drug-likeness (QED) is 0.689. The van der Waals surface area contributed by atoms with E-state index < -0.39 is 0 Å². The molecule has 2 nitrogen and oxygen atoms in total. The summed E-state index contributed by atoms with van der Waals surface area (Å²) < 4.78 is 3.47. The van der Waals surface area contributed by atoms with Crippen LogP contribution >= 0.6 is 39.3 Å². The van der Waals surface area contributed by atoms with Crippen LogP contribution in [0.4, 0.5) is 0 Å². The molecule has 5 heteroatoms. The lowest BCUT2D eigenvalue weighted by Gasteiger charge is -2.26. The Bertz CT molecular complexity index is 590. The molecule has 1 fully saturated rings. The molecule has 1 aliphatic heterocycles. The van der Waals surface area contributed by atoms with Crippen molar-refractivity contribution in [2.75, 3.05) is 11.5 Å². The minimum atomic E-state index is -0.0549. The van der Waals surface area contributed by atoms with Gasteiger partial charge in [-0.05, 0) is 49.5 Å². The minimum Gasteiger partial charge on any atom is -0.324 e. The van der Waals surface area contributed by atoms with Gasteiger partial charge in [-0.3, -0.25) is 0 Å². The van der Waals surface area contributed by atoms with Crippen LogP contribution in [-0.2, 0) is 0 Å². The van der Waals surface area contributed by atoms with Crippen LogP contribution in [0.2, 0.25) is 0 Å². The van der Waals surface area contributed by atoms with Gasteiger partial charge in [-0.25, -0.2) is 4.98 Å². The van der Waals surface area contributed by atoms with Gasteiger partial charge in [0.2, 0.25) is 0 Å². The highest BCUT2D eigenvalue weighted by Crippen LogP contribution is 2.35. The van der Waals surface area contributed by atoms with E-state index >= 15 is 0 Å². The molecule has 0 aliphatic carbocycles. The van der Waals surface area contributed by atoms with Crippen molar-refractivity contribution < 1.29 is 0 Å². The van der Waals surface area contributed by atoms with E-state index in [4.69, 9.17) is 16.6 Å². The van der Waals surface area contributed by atoms with Gasteiger partial charge in [0.25, 0.3) is 0 Å². The molecular formula is C14H16BrClN2S. The van der Waals surface area contributed by atoms with E-state index in [-0.39, 0.29) is 5.38 Å². The SMILES string of the molecule is CC(Cl)c1nc2ccc(Br)cc2n1C1CCSCC1. The summed E-state index contributed by atoms with van der Waals surface area (Å²) in [5.41, 5.74) is 2.25. The second-order valence-corrected chi connectivity index (χ2v) is 7.73. The van der Waals surface area contributed by atoms with Crippen LogP contribution in [0.5, 0.6) is 0 Å². The van der Waals surface area contributed by atoms with Crippen molar-refractivity contribution in [1.29, 1.82) is 0 Å². The summed E-state index contributed by atoms with van der Waals surface area (Å²) in [6.07, 6.45) is 2.42. The average Bonchev–Trinajstić information content (AvgIpc) is 2.78. The molecule has 3 rings (SSSR count). The topological polar surface area (TPSA) is 17.8 Å². The molecule has 1 aromatic heterocycles. The molecule has 1 saturated heterocycles. The molecule has 0 spiro atoms. The fourth-order valence-electron chi connectivity index (χ4n) is 2.69. The van der Waals surface area contributed by atoms with E-state index in [1.165, 1.54) is 29.9 Å². The van der Waals surface area contributed by atoms with Crippen molar-refractivity contribution >= 4 is 50.3 Å². The van der Waals surface area contributed by atoms with Crippen LogP contribution in [0.3, 0.4) is 0 Å². The Kier molecular flexibility index (Phi) is 4.11. The predicted molar refractivity (Wildman–Crippen MR) is 87.3 cm³/mol. The molecular weight excluding hydrogens is 344 g/mol. The summed E-state index contributed by atoms with van der Waals surface area (Å²) in [5.74, 6) is 3.47. The smallest absolute Gasteiger partial charge is 0.127 e. The molecule has 1 unspecified atom stereocenters. The van der Waals surface area contributed by atoms with E-state index in [0.29, 0.717) is 6.04 Å². The number of fused-ring (bicyclic) bond motifs is 1. The number of hydrogen-bond donors (Lipinski definition) is 0. The molecule has 1 aromatic carbocycles. The molecule has 2 aromatic rings. The second-order valence-electron chi connectivity index (χ2n) is 4.93. The number of imidazole rings is 1. The molecule has 0 N–H and O–H groups in total. The lowest BCUT2D eigenvalue weighted by Crippen LogP contribution is -2.17. The van der Waals surface area contributed by atoms with Crippen LogP contribution in [0.1, 0.15) is 37.0 Å². The molecule has 1 aliphatic rings. The van der Waals surface area contributed by atoms with Gasteiger partial charge in [0.15, 0.2) is 0 Å². The van der Waals surface area contributed by atoms with Crippen molar-refractivity contribution in [3.63, 3.8) is 0 Å². The summed E-state index contributed by atoms with van der Waals surface area (Å²) >= 11 is 11.9.